The molecule has 114 valence electrons. The highest BCUT2D eigenvalue weighted by Gasteiger charge is 2.25. The number of hydrogen-bond donors (Lipinski definition) is 1. The minimum absolute atomic E-state index is 0.177. The van der Waals surface area contributed by atoms with Gasteiger partial charge in [-0.3, -0.25) is 0 Å². The van der Waals surface area contributed by atoms with Crippen molar-refractivity contribution in [2.45, 2.75) is 38.6 Å². The van der Waals surface area contributed by atoms with Crippen LogP contribution >= 0.6 is 11.3 Å². The van der Waals surface area contributed by atoms with Gasteiger partial charge in [-0.2, -0.15) is 0 Å². The fourth-order valence-electron chi connectivity index (χ4n) is 2.35. The smallest absolute Gasteiger partial charge is 0.207 e. The van der Waals surface area contributed by atoms with Gasteiger partial charge in [0, 0.05) is 9.75 Å². The summed E-state index contributed by atoms with van der Waals surface area (Å²) in [7, 11) is -3.51. The van der Waals surface area contributed by atoms with Crippen LogP contribution in [0.25, 0.3) is 0 Å². The third-order valence-electron chi connectivity index (χ3n) is 3.42. The second-order valence-corrected chi connectivity index (χ2v) is 8.70. The highest BCUT2D eigenvalue weighted by molar-refractivity contribution is 7.89. The van der Waals surface area contributed by atoms with E-state index in [2.05, 4.69) is 10.8 Å². The van der Waals surface area contributed by atoms with Gasteiger partial charge < -0.3 is 0 Å². The first-order valence-electron chi connectivity index (χ1n) is 6.95. The first-order chi connectivity index (χ1) is 9.81. The van der Waals surface area contributed by atoms with E-state index in [9.17, 15) is 8.42 Å². The number of benzene rings is 1. The molecule has 0 fully saturated rings. The molecule has 1 N–H and O–H groups in total. The van der Waals surface area contributed by atoms with E-state index in [-0.39, 0.29) is 12.0 Å². The lowest BCUT2D eigenvalue weighted by molar-refractivity contribution is 0.462. The molecule has 0 radical (unpaired) electrons. The molecule has 21 heavy (non-hydrogen) atoms. The van der Waals surface area contributed by atoms with Crippen molar-refractivity contribution in [2.24, 2.45) is 5.92 Å². The molecule has 3 nitrogen and oxygen atoms in total. The Morgan fingerprint density at radius 3 is 2.19 bits per heavy atom. The zero-order valence-electron chi connectivity index (χ0n) is 12.8. The van der Waals surface area contributed by atoms with E-state index < -0.39 is 10.0 Å². The molecule has 0 saturated heterocycles. The van der Waals surface area contributed by atoms with Gasteiger partial charge in [-0.05, 0) is 43.5 Å². The molecule has 2 rings (SSSR count). The molecule has 0 spiro atoms. The number of sulfonamides is 1. The van der Waals surface area contributed by atoms with E-state index in [0.29, 0.717) is 4.90 Å². The summed E-state index contributed by atoms with van der Waals surface area (Å²) in [4.78, 5) is 2.68. The maximum Gasteiger partial charge on any atom is 0.241 e. The van der Waals surface area contributed by atoms with Gasteiger partial charge >= 0.3 is 0 Å². The van der Waals surface area contributed by atoms with Gasteiger partial charge in [-0.15, -0.1) is 11.3 Å². The summed E-state index contributed by atoms with van der Waals surface area (Å²) in [6, 6.07) is 10.4. The van der Waals surface area contributed by atoms with Gasteiger partial charge in [0.05, 0.1) is 10.9 Å². The third-order valence-corrected chi connectivity index (χ3v) is 5.86. The van der Waals surface area contributed by atoms with Crippen LogP contribution in [0.4, 0.5) is 0 Å². The van der Waals surface area contributed by atoms with Gasteiger partial charge in [0.15, 0.2) is 0 Å². The maximum atomic E-state index is 12.5. The van der Waals surface area contributed by atoms with Gasteiger partial charge in [0.1, 0.15) is 0 Å². The Bertz CT molecular complexity index is 703. The molecule has 0 amide bonds. The molecule has 1 heterocycles. The molecule has 1 unspecified atom stereocenters. The van der Waals surface area contributed by atoms with Crippen LogP contribution in [0.1, 0.15) is 35.2 Å². The number of hydrogen-bond acceptors (Lipinski definition) is 3. The Kier molecular flexibility index (Phi) is 4.86. The van der Waals surface area contributed by atoms with E-state index in [1.54, 1.807) is 35.6 Å². The highest BCUT2D eigenvalue weighted by atomic mass is 32.2. The quantitative estimate of drug-likeness (QED) is 0.902. The van der Waals surface area contributed by atoms with E-state index in [1.165, 1.54) is 9.75 Å². The average molecular weight is 323 g/mol. The lowest BCUT2D eigenvalue weighted by Crippen LogP contribution is -2.32. The highest BCUT2D eigenvalue weighted by Crippen LogP contribution is 2.31. The first-order valence-corrected chi connectivity index (χ1v) is 9.25. The Morgan fingerprint density at radius 2 is 1.71 bits per heavy atom. The summed E-state index contributed by atoms with van der Waals surface area (Å²) in [5.74, 6) is 0.177. The van der Waals surface area contributed by atoms with Crippen molar-refractivity contribution >= 4 is 21.4 Å². The van der Waals surface area contributed by atoms with Crippen molar-refractivity contribution < 1.29 is 8.42 Å². The summed E-state index contributed by atoms with van der Waals surface area (Å²) in [5.41, 5.74) is 1.08. The predicted molar refractivity (Wildman–Crippen MR) is 88.1 cm³/mol. The minimum Gasteiger partial charge on any atom is -0.207 e. The largest absolute Gasteiger partial charge is 0.241 e. The van der Waals surface area contributed by atoms with Gasteiger partial charge in [0.25, 0.3) is 0 Å². The lowest BCUT2D eigenvalue weighted by atomic mass is 9.97. The monoisotopic (exact) mass is 323 g/mol. The van der Waals surface area contributed by atoms with Crippen LogP contribution in [0.15, 0.2) is 41.3 Å². The van der Waals surface area contributed by atoms with Crippen LogP contribution in [0.5, 0.6) is 0 Å². The minimum atomic E-state index is -3.51. The summed E-state index contributed by atoms with van der Waals surface area (Å²) < 4.78 is 27.9. The van der Waals surface area contributed by atoms with Crippen LogP contribution in [0, 0.1) is 19.8 Å². The van der Waals surface area contributed by atoms with Crippen LogP contribution in [0.3, 0.4) is 0 Å². The van der Waals surface area contributed by atoms with Crippen LogP contribution in [0.2, 0.25) is 0 Å². The summed E-state index contributed by atoms with van der Waals surface area (Å²) in [5, 5.41) is 0. The van der Waals surface area contributed by atoms with Crippen LogP contribution < -0.4 is 4.72 Å². The Balaban J connectivity index is 2.36. The Labute approximate surface area is 131 Å². The molecule has 0 aliphatic heterocycles. The molecule has 2 aromatic rings. The summed E-state index contributed by atoms with van der Waals surface area (Å²) in [6.45, 7) is 8.15. The molecule has 0 aliphatic rings. The van der Waals surface area contributed by atoms with Crippen molar-refractivity contribution in [1.29, 1.82) is 0 Å². The van der Waals surface area contributed by atoms with Crippen molar-refractivity contribution in [1.82, 2.24) is 4.72 Å². The number of rotatable bonds is 5. The molecule has 0 bridgehead atoms. The molecule has 5 heteroatoms. The van der Waals surface area contributed by atoms with Gasteiger partial charge in [-0.1, -0.05) is 32.0 Å². The van der Waals surface area contributed by atoms with E-state index in [0.717, 1.165) is 5.56 Å². The normalized spacial score (nSPS) is 13.6. The predicted octanol–water partition coefficient (Wildman–Crippen LogP) is 4.04. The molecule has 0 saturated carbocycles. The van der Waals surface area contributed by atoms with Crippen molar-refractivity contribution in [3.8, 4) is 0 Å². The Hall–Kier alpha value is -1.17. The van der Waals surface area contributed by atoms with Gasteiger partial charge in [-0.25, -0.2) is 13.1 Å². The lowest BCUT2D eigenvalue weighted by Gasteiger charge is -2.22. The van der Waals surface area contributed by atoms with E-state index in [4.69, 9.17) is 0 Å². The van der Waals surface area contributed by atoms with E-state index >= 15 is 0 Å². The SMILES string of the molecule is Cc1cc(C(NS(=O)(=O)c2ccccc2)C(C)C)c(C)s1. The van der Waals surface area contributed by atoms with Crippen LogP contribution in [-0.2, 0) is 10.0 Å². The third kappa shape index (κ3) is 3.73. The molecule has 1 aromatic heterocycles. The number of thiophene rings is 1. The number of aryl methyl sites for hydroxylation is 2. The second kappa shape index (κ2) is 6.30. The summed E-state index contributed by atoms with van der Waals surface area (Å²) in [6.07, 6.45) is 0. The van der Waals surface area contributed by atoms with Crippen molar-refractivity contribution in [2.75, 3.05) is 0 Å². The van der Waals surface area contributed by atoms with Gasteiger partial charge in [0.2, 0.25) is 10.0 Å². The zero-order valence-corrected chi connectivity index (χ0v) is 14.4. The first kappa shape index (κ1) is 16.2. The standard InChI is InChI=1S/C16H21NO2S2/c1-11(2)16(15-10-12(3)20-13(15)4)17-21(18,19)14-8-6-5-7-9-14/h5-11,16-17H,1-4H3. The molecule has 0 aliphatic carbocycles. The average Bonchev–Trinajstić information content (AvgIpc) is 2.75. The molecular weight excluding hydrogens is 302 g/mol. The second-order valence-electron chi connectivity index (χ2n) is 5.52. The van der Waals surface area contributed by atoms with Crippen molar-refractivity contribution in [3.63, 3.8) is 0 Å². The molecular formula is C16H21NO2S2. The zero-order chi connectivity index (χ0) is 15.6. The fraction of sp³-hybridized carbons (Fsp3) is 0.375. The van der Waals surface area contributed by atoms with E-state index in [1.807, 2.05) is 33.8 Å². The molecule has 1 aromatic carbocycles. The van der Waals surface area contributed by atoms with Crippen molar-refractivity contribution in [3.05, 3.63) is 51.7 Å². The number of nitrogens with one attached hydrogen (secondary N) is 1. The maximum absolute atomic E-state index is 12.5. The topological polar surface area (TPSA) is 46.2 Å². The van der Waals surface area contributed by atoms with Crippen LogP contribution in [-0.4, -0.2) is 8.42 Å². The molecule has 1 atom stereocenters. The summed E-state index contributed by atoms with van der Waals surface area (Å²) >= 11 is 1.70. The fourth-order valence-corrected chi connectivity index (χ4v) is 4.71. The Morgan fingerprint density at radius 1 is 1.10 bits per heavy atom.